The molecule has 0 aliphatic rings. The Labute approximate surface area is 205 Å². The van der Waals surface area contributed by atoms with Crippen LogP contribution in [0.5, 0.6) is 0 Å². The fourth-order valence-electron chi connectivity index (χ4n) is 2.77. The van der Waals surface area contributed by atoms with E-state index in [-0.39, 0.29) is 26.2 Å². The van der Waals surface area contributed by atoms with Gasteiger partial charge in [0.05, 0.1) is 31.9 Å². The molecule has 0 saturated carbocycles. The number of carbonyl (C=O) groups is 2. The summed E-state index contributed by atoms with van der Waals surface area (Å²) in [7, 11) is -2.52. The second-order valence-corrected chi connectivity index (χ2v) is 9.92. The van der Waals surface area contributed by atoms with Gasteiger partial charge in [-0.2, -0.15) is 0 Å². The van der Waals surface area contributed by atoms with Gasteiger partial charge < -0.3 is 10.1 Å². The number of amides is 1. The highest BCUT2D eigenvalue weighted by Crippen LogP contribution is 2.33. The quantitative estimate of drug-likeness (QED) is 0.423. The first kappa shape index (κ1) is 24.9. The van der Waals surface area contributed by atoms with Gasteiger partial charge in [-0.05, 0) is 42.5 Å². The number of nitrogens with one attached hydrogen (secondary N) is 1. The fourth-order valence-corrected chi connectivity index (χ4v) is 4.92. The summed E-state index contributed by atoms with van der Waals surface area (Å²) in [6.07, 6.45) is 0. The minimum Gasteiger partial charge on any atom is -0.452 e. The number of nitrogens with zero attached hydrogens (tertiary/aromatic N) is 1. The summed E-state index contributed by atoms with van der Waals surface area (Å²) >= 11 is 17.9. The lowest BCUT2D eigenvalue weighted by Gasteiger charge is -2.19. The first-order valence-corrected chi connectivity index (χ1v) is 11.9. The number of esters is 1. The van der Waals surface area contributed by atoms with Gasteiger partial charge in [0.15, 0.2) is 6.61 Å². The van der Waals surface area contributed by atoms with Gasteiger partial charge in [0.25, 0.3) is 15.9 Å². The van der Waals surface area contributed by atoms with Crippen LogP contribution in [0, 0.1) is 0 Å². The Morgan fingerprint density at radius 1 is 0.939 bits per heavy atom. The summed E-state index contributed by atoms with van der Waals surface area (Å²) in [5, 5.41) is 2.97. The largest absolute Gasteiger partial charge is 0.452 e. The van der Waals surface area contributed by atoms with Crippen LogP contribution in [-0.2, 0) is 19.6 Å². The van der Waals surface area contributed by atoms with E-state index in [1.807, 2.05) is 0 Å². The summed E-state index contributed by atoms with van der Waals surface area (Å²) < 4.78 is 32.0. The summed E-state index contributed by atoms with van der Waals surface area (Å²) in [5.41, 5.74) is 0.551. The Morgan fingerprint density at radius 2 is 1.58 bits per heavy atom. The van der Waals surface area contributed by atoms with Crippen molar-refractivity contribution >= 4 is 68.1 Å². The molecular formula is C22H17Cl3N2O5S. The van der Waals surface area contributed by atoms with Crippen LogP contribution in [0.4, 0.5) is 11.4 Å². The number of ether oxygens (including phenoxy) is 1. The molecule has 0 bridgehead atoms. The van der Waals surface area contributed by atoms with Crippen LogP contribution in [0.3, 0.4) is 0 Å². The number of hydrogen-bond donors (Lipinski definition) is 1. The number of halogens is 3. The maximum absolute atomic E-state index is 12.9. The summed E-state index contributed by atoms with van der Waals surface area (Å²) in [4.78, 5) is 24.5. The van der Waals surface area contributed by atoms with Gasteiger partial charge in [-0.25, -0.2) is 13.2 Å². The zero-order valence-corrected chi connectivity index (χ0v) is 20.2. The van der Waals surface area contributed by atoms with E-state index in [4.69, 9.17) is 39.5 Å². The van der Waals surface area contributed by atoms with Gasteiger partial charge in [-0.1, -0.05) is 59.1 Å². The Bertz CT molecular complexity index is 1280. The monoisotopic (exact) mass is 526 g/mol. The SMILES string of the molecule is CN(c1ccccc1)S(=O)(=O)c1cccc(C(=O)OCC(=O)Nc2c(Cl)cc(Cl)cc2Cl)c1. The zero-order chi connectivity index (χ0) is 24.2. The van der Waals surface area contributed by atoms with Crippen molar-refractivity contribution in [3.63, 3.8) is 0 Å². The number of para-hydroxylation sites is 1. The molecule has 0 aliphatic carbocycles. The Morgan fingerprint density at radius 3 is 2.21 bits per heavy atom. The molecule has 1 N–H and O–H groups in total. The lowest BCUT2D eigenvalue weighted by Crippen LogP contribution is -2.26. The molecule has 0 atom stereocenters. The van der Waals surface area contributed by atoms with Crippen molar-refractivity contribution in [1.82, 2.24) is 0 Å². The highest BCUT2D eigenvalue weighted by Gasteiger charge is 2.23. The molecule has 3 aromatic rings. The lowest BCUT2D eigenvalue weighted by atomic mass is 10.2. The van der Waals surface area contributed by atoms with Gasteiger partial charge in [-0.3, -0.25) is 9.10 Å². The third-order valence-corrected chi connectivity index (χ3v) is 7.05. The van der Waals surface area contributed by atoms with Crippen LogP contribution >= 0.6 is 34.8 Å². The first-order valence-electron chi connectivity index (χ1n) is 9.35. The second-order valence-electron chi connectivity index (χ2n) is 6.70. The van der Waals surface area contributed by atoms with E-state index in [1.54, 1.807) is 30.3 Å². The predicted octanol–water partition coefficient (Wildman–Crippen LogP) is 5.27. The van der Waals surface area contributed by atoms with Crippen molar-refractivity contribution in [3.8, 4) is 0 Å². The minimum atomic E-state index is -3.93. The number of carbonyl (C=O) groups excluding carboxylic acids is 2. The highest BCUT2D eigenvalue weighted by molar-refractivity contribution is 7.92. The standard InChI is InChI=1S/C22H17Cl3N2O5S/c1-27(16-7-3-2-4-8-16)33(30,31)17-9-5-6-14(10-17)22(29)32-13-20(28)26-21-18(24)11-15(23)12-19(21)25/h2-12H,13H2,1H3,(H,26,28). The second kappa shape index (κ2) is 10.4. The molecule has 1 amide bonds. The molecule has 0 fully saturated rings. The molecule has 7 nitrogen and oxygen atoms in total. The van der Waals surface area contributed by atoms with Gasteiger partial charge in [0.1, 0.15) is 0 Å². The molecule has 172 valence electrons. The van der Waals surface area contributed by atoms with Gasteiger partial charge in [-0.15, -0.1) is 0 Å². The van der Waals surface area contributed by atoms with Gasteiger partial charge in [0.2, 0.25) is 0 Å². The summed E-state index contributed by atoms with van der Waals surface area (Å²) in [5.74, 6) is -1.57. The van der Waals surface area contributed by atoms with E-state index in [0.29, 0.717) is 10.7 Å². The third kappa shape index (κ3) is 5.97. The molecule has 0 aromatic heterocycles. The maximum Gasteiger partial charge on any atom is 0.338 e. The molecule has 0 aliphatic heterocycles. The normalized spacial score (nSPS) is 11.0. The molecule has 11 heteroatoms. The van der Waals surface area contributed by atoms with E-state index in [9.17, 15) is 18.0 Å². The number of benzene rings is 3. The van der Waals surface area contributed by atoms with Crippen LogP contribution in [-0.4, -0.2) is 33.9 Å². The Kier molecular flexibility index (Phi) is 7.86. The van der Waals surface area contributed by atoms with Crippen molar-refractivity contribution in [1.29, 1.82) is 0 Å². The van der Waals surface area contributed by atoms with Crippen molar-refractivity contribution in [3.05, 3.63) is 87.4 Å². The average Bonchev–Trinajstić information content (AvgIpc) is 2.80. The lowest BCUT2D eigenvalue weighted by molar-refractivity contribution is -0.119. The molecule has 0 spiro atoms. The van der Waals surface area contributed by atoms with Gasteiger partial charge in [0, 0.05) is 12.1 Å². The van der Waals surface area contributed by atoms with E-state index < -0.39 is 28.5 Å². The summed E-state index contributed by atoms with van der Waals surface area (Å²) in [6, 6.07) is 16.6. The molecule has 3 aromatic carbocycles. The van der Waals surface area contributed by atoms with Crippen LogP contribution in [0.25, 0.3) is 0 Å². The fraction of sp³-hybridized carbons (Fsp3) is 0.0909. The van der Waals surface area contributed by atoms with Crippen molar-refractivity contribution in [2.75, 3.05) is 23.3 Å². The van der Waals surface area contributed by atoms with E-state index in [2.05, 4.69) is 5.32 Å². The average molecular weight is 528 g/mol. The van der Waals surface area contributed by atoms with E-state index >= 15 is 0 Å². The van der Waals surface area contributed by atoms with Crippen LogP contribution in [0.2, 0.25) is 15.1 Å². The first-order chi connectivity index (χ1) is 15.6. The van der Waals surface area contributed by atoms with Crippen molar-refractivity contribution in [2.45, 2.75) is 4.90 Å². The molecule has 0 unspecified atom stereocenters. The topological polar surface area (TPSA) is 92.8 Å². The third-order valence-electron chi connectivity index (χ3n) is 4.45. The smallest absolute Gasteiger partial charge is 0.338 e. The van der Waals surface area contributed by atoms with Crippen molar-refractivity contribution in [2.24, 2.45) is 0 Å². The van der Waals surface area contributed by atoms with Gasteiger partial charge >= 0.3 is 5.97 Å². The van der Waals surface area contributed by atoms with Crippen LogP contribution < -0.4 is 9.62 Å². The van der Waals surface area contributed by atoms with Crippen molar-refractivity contribution < 1.29 is 22.7 Å². The molecule has 0 heterocycles. The zero-order valence-electron chi connectivity index (χ0n) is 17.1. The van der Waals surface area contributed by atoms with Crippen LogP contribution in [0.15, 0.2) is 71.6 Å². The highest BCUT2D eigenvalue weighted by atomic mass is 35.5. The number of rotatable bonds is 7. The number of anilines is 2. The molecule has 3 rings (SSSR count). The van der Waals surface area contributed by atoms with E-state index in [0.717, 1.165) is 4.31 Å². The predicted molar refractivity (Wildman–Crippen MR) is 129 cm³/mol. The Balaban J connectivity index is 1.69. The maximum atomic E-state index is 12.9. The number of hydrogen-bond acceptors (Lipinski definition) is 5. The van der Waals surface area contributed by atoms with Crippen LogP contribution in [0.1, 0.15) is 10.4 Å². The summed E-state index contributed by atoms with van der Waals surface area (Å²) in [6.45, 7) is -0.644. The minimum absolute atomic E-state index is 0.0344. The Hall–Kier alpha value is -2.78. The molecule has 0 radical (unpaired) electrons. The number of sulfonamides is 1. The molecule has 33 heavy (non-hydrogen) atoms. The van der Waals surface area contributed by atoms with E-state index in [1.165, 1.54) is 43.4 Å². The molecular weight excluding hydrogens is 511 g/mol. The molecule has 0 saturated heterocycles.